The van der Waals surface area contributed by atoms with Crippen LogP contribution in [-0.2, 0) is 9.53 Å². The SMILES string of the molecule is COCCNC(C(=O)O)c1cccc(C)c1. The number of aryl methyl sites for hydroxylation is 1. The molecule has 1 rings (SSSR count). The third kappa shape index (κ3) is 3.64. The molecule has 0 aliphatic carbocycles. The largest absolute Gasteiger partial charge is 0.480 e. The molecule has 4 heteroatoms. The second-order valence-electron chi connectivity index (χ2n) is 3.63. The molecule has 16 heavy (non-hydrogen) atoms. The lowest BCUT2D eigenvalue weighted by molar-refractivity contribution is -0.139. The number of carboxylic acid groups (broad SMARTS) is 1. The van der Waals surface area contributed by atoms with E-state index in [1.165, 1.54) is 0 Å². The van der Waals surface area contributed by atoms with E-state index in [4.69, 9.17) is 9.84 Å². The number of nitrogens with one attached hydrogen (secondary N) is 1. The van der Waals surface area contributed by atoms with E-state index in [2.05, 4.69) is 5.32 Å². The third-order valence-electron chi connectivity index (χ3n) is 2.28. The van der Waals surface area contributed by atoms with Gasteiger partial charge >= 0.3 is 5.97 Å². The van der Waals surface area contributed by atoms with E-state index >= 15 is 0 Å². The van der Waals surface area contributed by atoms with Gasteiger partial charge in [-0.2, -0.15) is 0 Å². The first-order chi connectivity index (χ1) is 7.65. The molecular weight excluding hydrogens is 206 g/mol. The zero-order chi connectivity index (χ0) is 12.0. The Bertz CT molecular complexity index is 352. The van der Waals surface area contributed by atoms with Gasteiger partial charge in [0.25, 0.3) is 0 Å². The average Bonchev–Trinajstić information content (AvgIpc) is 2.24. The quantitative estimate of drug-likeness (QED) is 0.715. The Balaban J connectivity index is 2.73. The molecule has 4 nitrogen and oxygen atoms in total. The van der Waals surface area contributed by atoms with Crippen LogP contribution in [-0.4, -0.2) is 31.3 Å². The Morgan fingerprint density at radius 3 is 2.88 bits per heavy atom. The van der Waals surface area contributed by atoms with E-state index in [0.29, 0.717) is 13.2 Å². The molecule has 0 aliphatic rings. The maximum absolute atomic E-state index is 11.1. The van der Waals surface area contributed by atoms with Crippen LogP contribution < -0.4 is 5.32 Å². The lowest BCUT2D eigenvalue weighted by atomic mass is 10.0. The summed E-state index contributed by atoms with van der Waals surface area (Å²) in [6.07, 6.45) is 0. The van der Waals surface area contributed by atoms with Crippen molar-refractivity contribution in [1.82, 2.24) is 5.32 Å². The van der Waals surface area contributed by atoms with E-state index in [0.717, 1.165) is 11.1 Å². The minimum absolute atomic E-state index is 0.496. The van der Waals surface area contributed by atoms with E-state index < -0.39 is 12.0 Å². The molecule has 2 N–H and O–H groups in total. The molecule has 0 saturated carbocycles. The van der Waals surface area contributed by atoms with Crippen molar-refractivity contribution in [3.05, 3.63) is 35.4 Å². The molecule has 1 unspecified atom stereocenters. The molecule has 0 radical (unpaired) electrons. The van der Waals surface area contributed by atoms with Gasteiger partial charge in [-0.25, -0.2) is 0 Å². The smallest absolute Gasteiger partial charge is 0.325 e. The van der Waals surface area contributed by atoms with Crippen molar-refractivity contribution in [3.8, 4) is 0 Å². The standard InChI is InChI=1S/C12H17NO3/c1-9-4-3-5-10(8-9)11(12(14)15)13-6-7-16-2/h3-5,8,11,13H,6-7H2,1-2H3,(H,14,15). The minimum Gasteiger partial charge on any atom is -0.480 e. The Morgan fingerprint density at radius 2 is 2.31 bits per heavy atom. The number of ether oxygens (including phenoxy) is 1. The summed E-state index contributed by atoms with van der Waals surface area (Å²) in [5.41, 5.74) is 1.82. The first-order valence-electron chi connectivity index (χ1n) is 5.17. The van der Waals surface area contributed by atoms with Crippen molar-refractivity contribution < 1.29 is 14.6 Å². The molecule has 0 spiro atoms. The molecule has 0 aliphatic heterocycles. The first kappa shape index (κ1) is 12.7. The van der Waals surface area contributed by atoms with Crippen LogP contribution in [0.2, 0.25) is 0 Å². The lowest BCUT2D eigenvalue weighted by Gasteiger charge is -2.14. The zero-order valence-electron chi connectivity index (χ0n) is 9.56. The molecule has 0 aromatic heterocycles. The number of benzene rings is 1. The third-order valence-corrected chi connectivity index (χ3v) is 2.28. The van der Waals surface area contributed by atoms with Gasteiger partial charge in [-0.1, -0.05) is 29.8 Å². The van der Waals surface area contributed by atoms with Gasteiger partial charge in [0.2, 0.25) is 0 Å². The molecule has 1 aromatic carbocycles. The van der Waals surface area contributed by atoms with Crippen molar-refractivity contribution in [2.75, 3.05) is 20.3 Å². The number of hydrogen-bond acceptors (Lipinski definition) is 3. The highest BCUT2D eigenvalue weighted by Crippen LogP contribution is 2.14. The van der Waals surface area contributed by atoms with Crippen molar-refractivity contribution >= 4 is 5.97 Å². The van der Waals surface area contributed by atoms with Crippen molar-refractivity contribution in [2.45, 2.75) is 13.0 Å². The summed E-state index contributed by atoms with van der Waals surface area (Å²) in [7, 11) is 1.59. The second-order valence-corrected chi connectivity index (χ2v) is 3.63. The van der Waals surface area contributed by atoms with Gasteiger partial charge in [0.1, 0.15) is 6.04 Å². The Hall–Kier alpha value is -1.39. The summed E-state index contributed by atoms with van der Waals surface area (Å²) in [6, 6.07) is 6.82. The average molecular weight is 223 g/mol. The lowest BCUT2D eigenvalue weighted by Crippen LogP contribution is -2.31. The Kier molecular flexibility index (Phi) is 4.95. The molecule has 88 valence electrons. The Labute approximate surface area is 95.2 Å². The van der Waals surface area contributed by atoms with Gasteiger partial charge < -0.3 is 9.84 Å². The number of carbonyl (C=O) groups is 1. The number of methoxy groups -OCH3 is 1. The molecule has 1 atom stereocenters. The fraction of sp³-hybridized carbons (Fsp3) is 0.417. The van der Waals surface area contributed by atoms with Crippen LogP contribution in [0.25, 0.3) is 0 Å². The van der Waals surface area contributed by atoms with Crippen LogP contribution in [0, 0.1) is 6.92 Å². The number of hydrogen-bond donors (Lipinski definition) is 2. The second kappa shape index (κ2) is 6.25. The van der Waals surface area contributed by atoms with Crippen LogP contribution in [0.1, 0.15) is 17.2 Å². The van der Waals surface area contributed by atoms with E-state index in [1.54, 1.807) is 7.11 Å². The van der Waals surface area contributed by atoms with Gasteiger partial charge in [0.15, 0.2) is 0 Å². The molecular formula is C12H17NO3. The van der Waals surface area contributed by atoms with Crippen LogP contribution in [0.3, 0.4) is 0 Å². The molecule has 0 bridgehead atoms. The summed E-state index contributed by atoms with van der Waals surface area (Å²) < 4.78 is 4.88. The maximum Gasteiger partial charge on any atom is 0.325 e. The predicted octanol–water partition coefficient (Wildman–Crippen LogP) is 1.36. The van der Waals surface area contributed by atoms with Gasteiger partial charge in [-0.3, -0.25) is 10.1 Å². The summed E-state index contributed by atoms with van der Waals surface area (Å²) >= 11 is 0. The summed E-state index contributed by atoms with van der Waals surface area (Å²) in [4.78, 5) is 11.1. The van der Waals surface area contributed by atoms with E-state index in [9.17, 15) is 4.79 Å². The van der Waals surface area contributed by atoms with Gasteiger partial charge in [0.05, 0.1) is 6.61 Å². The number of rotatable bonds is 6. The van der Waals surface area contributed by atoms with Crippen LogP contribution in [0.15, 0.2) is 24.3 Å². The van der Waals surface area contributed by atoms with Crippen molar-refractivity contribution in [2.24, 2.45) is 0 Å². The van der Waals surface area contributed by atoms with Crippen LogP contribution >= 0.6 is 0 Å². The highest BCUT2D eigenvalue weighted by Gasteiger charge is 2.18. The van der Waals surface area contributed by atoms with Crippen molar-refractivity contribution in [1.29, 1.82) is 0 Å². The van der Waals surface area contributed by atoms with Crippen molar-refractivity contribution in [3.63, 3.8) is 0 Å². The normalized spacial score (nSPS) is 12.4. The topological polar surface area (TPSA) is 58.6 Å². The number of aliphatic carboxylic acids is 1. The highest BCUT2D eigenvalue weighted by molar-refractivity contribution is 5.75. The molecule has 1 aromatic rings. The maximum atomic E-state index is 11.1. The molecule has 0 amide bonds. The zero-order valence-corrected chi connectivity index (χ0v) is 9.56. The number of carboxylic acids is 1. The summed E-state index contributed by atoms with van der Waals surface area (Å²) in [6.45, 7) is 2.95. The van der Waals surface area contributed by atoms with Crippen LogP contribution in [0.4, 0.5) is 0 Å². The van der Waals surface area contributed by atoms with Crippen LogP contribution in [0.5, 0.6) is 0 Å². The molecule has 0 saturated heterocycles. The fourth-order valence-corrected chi connectivity index (χ4v) is 1.50. The highest BCUT2D eigenvalue weighted by atomic mass is 16.5. The van der Waals surface area contributed by atoms with E-state index in [-0.39, 0.29) is 0 Å². The minimum atomic E-state index is -0.873. The van der Waals surface area contributed by atoms with Gasteiger partial charge in [-0.15, -0.1) is 0 Å². The fourth-order valence-electron chi connectivity index (χ4n) is 1.50. The molecule has 0 fully saturated rings. The molecule has 0 heterocycles. The first-order valence-corrected chi connectivity index (χ1v) is 5.17. The predicted molar refractivity (Wildman–Crippen MR) is 61.4 cm³/mol. The monoisotopic (exact) mass is 223 g/mol. The van der Waals surface area contributed by atoms with Gasteiger partial charge in [-0.05, 0) is 12.5 Å². The Morgan fingerprint density at radius 1 is 1.56 bits per heavy atom. The summed E-state index contributed by atoms with van der Waals surface area (Å²) in [5.74, 6) is -0.873. The van der Waals surface area contributed by atoms with Gasteiger partial charge in [0, 0.05) is 13.7 Å². The van der Waals surface area contributed by atoms with E-state index in [1.807, 2.05) is 31.2 Å². The summed E-state index contributed by atoms with van der Waals surface area (Å²) in [5, 5.41) is 12.1.